The van der Waals surface area contributed by atoms with Crippen LogP contribution in [0.3, 0.4) is 0 Å². The van der Waals surface area contributed by atoms with Gasteiger partial charge in [-0.2, -0.15) is 8.42 Å². The Hall–Kier alpha value is 0.830. The molecular formula is C7H19NaO5S. The van der Waals surface area contributed by atoms with Crippen molar-refractivity contribution in [3.8, 4) is 0 Å². The monoisotopic (exact) mass is 238 g/mol. The van der Waals surface area contributed by atoms with Gasteiger partial charge in [0.1, 0.15) is 0 Å². The largest absolute Gasteiger partial charge is 1.00 e. The molecule has 0 aromatic carbocycles. The first-order valence-corrected chi connectivity index (χ1v) is 5.47. The normalized spacial score (nSPS) is 10.1. The predicted octanol–water partition coefficient (Wildman–Crippen LogP) is -1.73. The molecule has 7 heteroatoms. The maximum Gasteiger partial charge on any atom is 1.00 e. The van der Waals surface area contributed by atoms with Crippen LogP contribution in [0.2, 0.25) is 0 Å². The van der Waals surface area contributed by atoms with Gasteiger partial charge >= 0.3 is 40.0 Å². The van der Waals surface area contributed by atoms with Crippen molar-refractivity contribution in [3.63, 3.8) is 0 Å². The molecule has 0 spiro atoms. The van der Waals surface area contributed by atoms with Gasteiger partial charge in [0, 0.05) is 6.61 Å². The summed E-state index contributed by atoms with van der Waals surface area (Å²) < 4.78 is 31.6. The minimum absolute atomic E-state index is 0. The molecule has 14 heavy (non-hydrogen) atoms. The minimum atomic E-state index is -4.67. The molecular weight excluding hydrogens is 219 g/mol. The number of unbranched alkanes of at least 4 members (excludes halogenated alkanes) is 1. The minimum Gasteiger partial charge on any atom is -1.00 e. The van der Waals surface area contributed by atoms with Crippen molar-refractivity contribution in [1.29, 1.82) is 0 Å². The Morgan fingerprint density at radius 1 is 1.21 bits per heavy atom. The molecule has 0 unspecified atom stereocenters. The van der Waals surface area contributed by atoms with Gasteiger partial charge in [0.15, 0.2) is 0 Å². The third-order valence-corrected chi connectivity index (χ3v) is 1.19. The maximum atomic E-state index is 8.74. The molecule has 84 valence electrons. The average Bonchev–Trinajstić information content (AvgIpc) is 1.83. The Kier molecular flexibility index (Phi) is 17.2. The zero-order valence-corrected chi connectivity index (χ0v) is 11.8. The van der Waals surface area contributed by atoms with E-state index in [-0.39, 0.29) is 31.0 Å². The Balaban J connectivity index is -0.0000000770. The molecule has 0 aliphatic heterocycles. The van der Waals surface area contributed by atoms with Gasteiger partial charge in [-0.1, -0.05) is 26.7 Å². The van der Waals surface area contributed by atoms with Gasteiger partial charge in [0.2, 0.25) is 0 Å². The number of hydrogen-bond acceptors (Lipinski definition) is 3. The number of rotatable bonds is 4. The summed E-state index contributed by atoms with van der Waals surface area (Å²) in [6.07, 6.45) is 3.40. The van der Waals surface area contributed by atoms with Crippen molar-refractivity contribution in [2.75, 3.05) is 6.61 Å². The molecule has 0 heterocycles. The molecule has 0 atom stereocenters. The van der Waals surface area contributed by atoms with Gasteiger partial charge in [-0.05, 0) is 12.3 Å². The van der Waals surface area contributed by atoms with Crippen LogP contribution in [0.25, 0.3) is 0 Å². The first-order valence-electron chi connectivity index (χ1n) is 4.08. The first kappa shape index (κ1) is 20.3. The summed E-state index contributed by atoms with van der Waals surface area (Å²) in [5.41, 5.74) is 0. The van der Waals surface area contributed by atoms with E-state index in [0.717, 1.165) is 12.3 Å². The quantitative estimate of drug-likeness (QED) is 0.307. The van der Waals surface area contributed by atoms with Crippen LogP contribution in [0.15, 0.2) is 0 Å². The number of hydrogen-bond donors (Lipinski definition) is 3. The number of aliphatic hydroxyl groups excluding tert-OH is 1. The van der Waals surface area contributed by atoms with E-state index >= 15 is 0 Å². The van der Waals surface area contributed by atoms with E-state index in [9.17, 15) is 0 Å². The summed E-state index contributed by atoms with van der Waals surface area (Å²) >= 11 is 0. The van der Waals surface area contributed by atoms with E-state index in [1.807, 2.05) is 0 Å². The molecule has 0 bridgehead atoms. The SMILES string of the molecule is CC(C)CCCCO.O=S(=O)(O)O.[H-].[Na+]. The Morgan fingerprint density at radius 3 is 1.79 bits per heavy atom. The van der Waals surface area contributed by atoms with Crippen molar-refractivity contribution < 1.29 is 53.6 Å². The molecule has 0 aliphatic carbocycles. The van der Waals surface area contributed by atoms with Gasteiger partial charge in [-0.3, -0.25) is 9.11 Å². The molecule has 0 aromatic heterocycles. The zero-order valence-electron chi connectivity index (χ0n) is 9.97. The standard InChI is InChI=1S/C7H16O.Na.H2O4S.H/c1-7(2)5-3-4-6-8;;1-5(2,3)4;/h7-8H,3-6H2,1-2H3;;(H2,1,2,3,4);/q;+1;;-1. The van der Waals surface area contributed by atoms with E-state index in [1.54, 1.807) is 0 Å². The Bertz CT molecular complexity index is 188. The van der Waals surface area contributed by atoms with Crippen LogP contribution in [0, 0.1) is 5.92 Å². The predicted molar refractivity (Wildman–Crippen MR) is 51.1 cm³/mol. The van der Waals surface area contributed by atoms with Gasteiger partial charge < -0.3 is 6.53 Å². The number of aliphatic hydroxyl groups is 1. The molecule has 0 saturated heterocycles. The molecule has 0 fully saturated rings. The van der Waals surface area contributed by atoms with Gasteiger partial charge in [-0.15, -0.1) is 0 Å². The average molecular weight is 238 g/mol. The summed E-state index contributed by atoms with van der Waals surface area (Å²) in [6, 6.07) is 0. The third kappa shape index (κ3) is 52.8. The molecule has 3 N–H and O–H groups in total. The van der Waals surface area contributed by atoms with Crippen LogP contribution < -0.4 is 29.6 Å². The van der Waals surface area contributed by atoms with E-state index < -0.39 is 10.4 Å². The molecule has 0 saturated carbocycles. The van der Waals surface area contributed by atoms with Crippen molar-refractivity contribution in [2.45, 2.75) is 33.1 Å². The topological polar surface area (TPSA) is 94.8 Å². The molecule has 0 amide bonds. The van der Waals surface area contributed by atoms with Crippen LogP contribution in [0.5, 0.6) is 0 Å². The van der Waals surface area contributed by atoms with Crippen LogP contribution in [0.4, 0.5) is 0 Å². The molecule has 0 rings (SSSR count). The van der Waals surface area contributed by atoms with Gasteiger partial charge in [0.05, 0.1) is 0 Å². The van der Waals surface area contributed by atoms with Crippen LogP contribution >= 0.6 is 0 Å². The van der Waals surface area contributed by atoms with E-state index in [2.05, 4.69) is 13.8 Å². The summed E-state index contributed by atoms with van der Waals surface area (Å²) in [7, 11) is -4.67. The second-order valence-corrected chi connectivity index (χ2v) is 3.96. The van der Waals surface area contributed by atoms with Crippen molar-refractivity contribution in [2.24, 2.45) is 5.92 Å². The fourth-order valence-electron chi connectivity index (χ4n) is 0.664. The third-order valence-electron chi connectivity index (χ3n) is 1.19. The zero-order chi connectivity index (χ0) is 10.9. The summed E-state index contributed by atoms with van der Waals surface area (Å²) in [5, 5.41) is 8.38. The molecule has 0 aromatic rings. The van der Waals surface area contributed by atoms with Crippen molar-refractivity contribution >= 4 is 10.4 Å². The fourth-order valence-corrected chi connectivity index (χ4v) is 0.664. The molecule has 0 aliphatic rings. The Morgan fingerprint density at radius 2 is 1.57 bits per heavy atom. The maximum absolute atomic E-state index is 8.74. The smallest absolute Gasteiger partial charge is 1.00 e. The van der Waals surface area contributed by atoms with Crippen molar-refractivity contribution in [3.05, 3.63) is 0 Å². The second kappa shape index (κ2) is 11.9. The van der Waals surface area contributed by atoms with Crippen LogP contribution in [0.1, 0.15) is 34.5 Å². The van der Waals surface area contributed by atoms with Gasteiger partial charge in [-0.25, -0.2) is 0 Å². The van der Waals surface area contributed by atoms with Crippen LogP contribution in [-0.4, -0.2) is 29.2 Å². The van der Waals surface area contributed by atoms with Crippen molar-refractivity contribution in [1.82, 2.24) is 0 Å². The molecule has 0 radical (unpaired) electrons. The summed E-state index contributed by atoms with van der Waals surface area (Å²) in [6.45, 7) is 4.77. The van der Waals surface area contributed by atoms with E-state index in [1.165, 1.54) is 12.8 Å². The molecule has 5 nitrogen and oxygen atoms in total. The Labute approximate surface area is 109 Å². The summed E-state index contributed by atoms with van der Waals surface area (Å²) in [5.74, 6) is 0.793. The van der Waals surface area contributed by atoms with E-state index in [4.69, 9.17) is 22.6 Å². The van der Waals surface area contributed by atoms with Crippen LogP contribution in [-0.2, 0) is 10.4 Å². The summed E-state index contributed by atoms with van der Waals surface area (Å²) in [4.78, 5) is 0. The second-order valence-electron chi connectivity index (χ2n) is 3.06. The van der Waals surface area contributed by atoms with E-state index in [0.29, 0.717) is 6.61 Å². The van der Waals surface area contributed by atoms with Gasteiger partial charge in [0.25, 0.3) is 0 Å². The fraction of sp³-hybridized carbons (Fsp3) is 1.00. The first-order chi connectivity index (χ1) is 5.77.